The first kappa shape index (κ1) is 14.4. The molecule has 0 aromatic carbocycles. The van der Waals surface area contributed by atoms with Crippen molar-refractivity contribution in [2.45, 2.75) is 39.2 Å². The molecule has 0 heterocycles. The minimum Gasteiger partial charge on any atom is -0.481 e. The number of carboxylic acid groups (broad SMARTS) is 1. The van der Waals surface area contributed by atoms with Crippen molar-refractivity contribution in [3.05, 3.63) is 24.3 Å². The van der Waals surface area contributed by atoms with Crippen LogP contribution in [0.3, 0.4) is 0 Å². The van der Waals surface area contributed by atoms with Crippen molar-refractivity contribution < 1.29 is 14.7 Å². The second-order valence-electron chi connectivity index (χ2n) is 3.58. The summed E-state index contributed by atoms with van der Waals surface area (Å²) in [4.78, 5) is 21.5. The summed E-state index contributed by atoms with van der Waals surface area (Å²) in [5.74, 6) is -0.951. The number of nitrogens with one attached hydrogen (secondary N) is 1. The molecule has 16 heavy (non-hydrogen) atoms. The Kier molecular flexibility index (Phi) is 7.85. The molecule has 0 aromatic rings. The molecule has 0 saturated heterocycles. The lowest BCUT2D eigenvalue weighted by molar-refractivity contribution is -0.137. The second-order valence-corrected chi connectivity index (χ2v) is 3.58. The Balaban J connectivity index is 3.73. The van der Waals surface area contributed by atoms with E-state index in [-0.39, 0.29) is 18.4 Å². The molecule has 0 spiro atoms. The average Bonchev–Trinajstić information content (AvgIpc) is 2.17. The Morgan fingerprint density at radius 3 is 2.62 bits per heavy atom. The number of carbonyl (C=O) groups is 2. The first-order valence-corrected chi connectivity index (χ1v) is 5.38. The summed E-state index contributed by atoms with van der Waals surface area (Å²) >= 11 is 0. The molecule has 4 nitrogen and oxygen atoms in total. The van der Waals surface area contributed by atoms with Crippen LogP contribution >= 0.6 is 0 Å². The molecule has 0 aliphatic carbocycles. The molecule has 0 bridgehead atoms. The van der Waals surface area contributed by atoms with Gasteiger partial charge in [-0.2, -0.15) is 0 Å². The van der Waals surface area contributed by atoms with Gasteiger partial charge in [0.15, 0.2) is 0 Å². The van der Waals surface area contributed by atoms with E-state index in [1.807, 2.05) is 19.9 Å². The van der Waals surface area contributed by atoms with Gasteiger partial charge in [-0.3, -0.25) is 9.59 Å². The van der Waals surface area contributed by atoms with Gasteiger partial charge in [-0.1, -0.05) is 18.2 Å². The van der Waals surface area contributed by atoms with Crippen molar-refractivity contribution in [2.75, 3.05) is 0 Å². The Labute approximate surface area is 96.0 Å². The number of carbonyl (C=O) groups excluding carboxylic acids is 1. The lowest BCUT2D eigenvalue weighted by atomic mass is 10.1. The van der Waals surface area contributed by atoms with Crippen LogP contribution in [-0.4, -0.2) is 23.0 Å². The van der Waals surface area contributed by atoms with Crippen LogP contribution in [0.5, 0.6) is 0 Å². The van der Waals surface area contributed by atoms with E-state index in [9.17, 15) is 9.59 Å². The van der Waals surface area contributed by atoms with Gasteiger partial charge in [0.2, 0.25) is 5.91 Å². The van der Waals surface area contributed by atoms with E-state index in [1.54, 1.807) is 12.2 Å². The van der Waals surface area contributed by atoms with Gasteiger partial charge in [-0.25, -0.2) is 0 Å². The van der Waals surface area contributed by atoms with Crippen molar-refractivity contribution in [1.29, 1.82) is 0 Å². The molecule has 0 saturated carbocycles. The molecule has 0 aromatic heterocycles. The molecular weight excluding hydrogens is 206 g/mol. The SMILES string of the molecule is CC=CC=CC(=O)NC(C)CCCC(=O)O. The van der Waals surface area contributed by atoms with Crippen LogP contribution in [0.15, 0.2) is 24.3 Å². The number of hydrogen-bond acceptors (Lipinski definition) is 2. The zero-order valence-corrected chi connectivity index (χ0v) is 9.77. The van der Waals surface area contributed by atoms with Crippen molar-refractivity contribution >= 4 is 11.9 Å². The summed E-state index contributed by atoms with van der Waals surface area (Å²) < 4.78 is 0. The average molecular weight is 225 g/mol. The molecule has 1 atom stereocenters. The molecular formula is C12H19NO3. The van der Waals surface area contributed by atoms with Crippen LogP contribution in [0.1, 0.15) is 33.1 Å². The van der Waals surface area contributed by atoms with Crippen LogP contribution in [0.4, 0.5) is 0 Å². The molecule has 0 radical (unpaired) electrons. The first-order chi connectivity index (χ1) is 7.56. The van der Waals surface area contributed by atoms with Gasteiger partial charge in [0.25, 0.3) is 0 Å². The van der Waals surface area contributed by atoms with Crippen LogP contribution in [0, 0.1) is 0 Å². The lowest BCUT2D eigenvalue weighted by Crippen LogP contribution is -2.31. The van der Waals surface area contributed by atoms with Gasteiger partial charge in [-0.05, 0) is 26.7 Å². The predicted octanol–water partition coefficient (Wildman–Crippen LogP) is 1.88. The van der Waals surface area contributed by atoms with Crippen molar-refractivity contribution in [2.24, 2.45) is 0 Å². The standard InChI is InChI=1S/C12H19NO3/c1-3-4-5-8-11(14)13-10(2)7-6-9-12(15)16/h3-5,8,10H,6-7,9H2,1-2H3,(H,13,14)(H,15,16). The Morgan fingerprint density at radius 2 is 2.06 bits per heavy atom. The highest BCUT2D eigenvalue weighted by atomic mass is 16.4. The minimum atomic E-state index is -0.800. The van der Waals surface area contributed by atoms with E-state index in [4.69, 9.17) is 5.11 Å². The third kappa shape index (κ3) is 8.99. The smallest absolute Gasteiger partial charge is 0.303 e. The predicted molar refractivity (Wildman–Crippen MR) is 63.0 cm³/mol. The molecule has 90 valence electrons. The summed E-state index contributed by atoms with van der Waals surface area (Å²) in [6.45, 7) is 3.74. The van der Waals surface area contributed by atoms with Crippen molar-refractivity contribution in [3.63, 3.8) is 0 Å². The molecule has 4 heteroatoms. The third-order valence-corrected chi connectivity index (χ3v) is 1.97. The van der Waals surface area contributed by atoms with E-state index in [0.29, 0.717) is 12.8 Å². The van der Waals surface area contributed by atoms with Crippen molar-refractivity contribution in [1.82, 2.24) is 5.32 Å². The molecule has 0 rings (SSSR count). The van der Waals surface area contributed by atoms with E-state index in [0.717, 1.165) is 0 Å². The lowest BCUT2D eigenvalue weighted by Gasteiger charge is -2.11. The van der Waals surface area contributed by atoms with Gasteiger partial charge in [0.1, 0.15) is 0 Å². The number of rotatable bonds is 7. The zero-order valence-electron chi connectivity index (χ0n) is 9.77. The fourth-order valence-electron chi connectivity index (χ4n) is 1.18. The highest BCUT2D eigenvalue weighted by Gasteiger charge is 2.05. The number of amides is 1. The van der Waals surface area contributed by atoms with Gasteiger partial charge in [0.05, 0.1) is 0 Å². The number of allylic oxidation sites excluding steroid dienone is 3. The molecule has 2 N–H and O–H groups in total. The summed E-state index contributed by atoms with van der Waals surface area (Å²) in [6, 6.07) is 0.00195. The minimum absolute atomic E-state index is 0.00195. The second kappa shape index (κ2) is 8.71. The van der Waals surface area contributed by atoms with E-state index >= 15 is 0 Å². The van der Waals surface area contributed by atoms with E-state index < -0.39 is 5.97 Å². The van der Waals surface area contributed by atoms with Gasteiger partial charge < -0.3 is 10.4 Å². The molecule has 0 aliphatic rings. The van der Waals surface area contributed by atoms with E-state index in [2.05, 4.69) is 5.32 Å². The Bertz CT molecular complexity index is 282. The van der Waals surface area contributed by atoms with E-state index in [1.165, 1.54) is 6.08 Å². The Morgan fingerprint density at radius 1 is 1.38 bits per heavy atom. The molecule has 0 aliphatic heterocycles. The maximum Gasteiger partial charge on any atom is 0.303 e. The largest absolute Gasteiger partial charge is 0.481 e. The van der Waals surface area contributed by atoms with Crippen LogP contribution in [0.2, 0.25) is 0 Å². The zero-order chi connectivity index (χ0) is 12.4. The number of aliphatic carboxylic acids is 1. The van der Waals surface area contributed by atoms with Crippen LogP contribution in [0.25, 0.3) is 0 Å². The summed E-state index contributed by atoms with van der Waals surface area (Å²) in [5, 5.41) is 11.2. The normalized spacial score (nSPS) is 13.1. The monoisotopic (exact) mass is 225 g/mol. The van der Waals surface area contributed by atoms with Gasteiger partial charge >= 0.3 is 5.97 Å². The van der Waals surface area contributed by atoms with Gasteiger partial charge in [0, 0.05) is 18.5 Å². The summed E-state index contributed by atoms with van der Waals surface area (Å²) in [7, 11) is 0. The molecule has 1 amide bonds. The maximum absolute atomic E-state index is 11.3. The van der Waals surface area contributed by atoms with Crippen LogP contribution in [-0.2, 0) is 9.59 Å². The highest BCUT2D eigenvalue weighted by Crippen LogP contribution is 2.00. The third-order valence-electron chi connectivity index (χ3n) is 1.97. The highest BCUT2D eigenvalue weighted by molar-refractivity contribution is 5.87. The topological polar surface area (TPSA) is 66.4 Å². The fraction of sp³-hybridized carbons (Fsp3) is 0.500. The molecule has 1 unspecified atom stereocenters. The fourth-order valence-corrected chi connectivity index (χ4v) is 1.18. The maximum atomic E-state index is 11.3. The van der Waals surface area contributed by atoms with Crippen molar-refractivity contribution in [3.8, 4) is 0 Å². The number of carboxylic acids is 1. The summed E-state index contributed by atoms with van der Waals surface area (Å²) in [6.07, 6.45) is 8.13. The number of hydrogen-bond donors (Lipinski definition) is 2. The van der Waals surface area contributed by atoms with Gasteiger partial charge in [-0.15, -0.1) is 0 Å². The molecule has 0 fully saturated rings. The first-order valence-electron chi connectivity index (χ1n) is 5.38. The quantitative estimate of drug-likeness (QED) is 0.513. The van der Waals surface area contributed by atoms with Crippen LogP contribution < -0.4 is 5.32 Å². The Hall–Kier alpha value is -1.58. The summed E-state index contributed by atoms with van der Waals surface area (Å²) in [5.41, 5.74) is 0.